The summed E-state index contributed by atoms with van der Waals surface area (Å²) in [5.41, 5.74) is 2.58. The Kier molecular flexibility index (Phi) is 6.29. The maximum absolute atomic E-state index is 12.7. The molecule has 31 heavy (non-hydrogen) atoms. The largest absolute Gasteiger partial charge is 0.504 e. The van der Waals surface area contributed by atoms with E-state index in [1.54, 1.807) is 7.11 Å². The fourth-order valence-electron chi connectivity index (χ4n) is 6.03. The third kappa shape index (κ3) is 4.07. The fourth-order valence-corrected chi connectivity index (χ4v) is 6.03. The average Bonchev–Trinajstić information content (AvgIpc) is 3.60. The van der Waals surface area contributed by atoms with E-state index >= 15 is 0 Å². The summed E-state index contributed by atoms with van der Waals surface area (Å²) in [4.78, 5) is 24.5. The standard InChI is InChI=1S/C25H35NO5/c1-4-25-13-17(27)8-9-19(25)20(26-14-15-5-6-15)12-18-16(7-10-22(28)31-3)11-21(30-2)24(29)23(18)25/h11,15,19-20,26,29H,4-10,12-14H2,1-3H3/t19?,20?,25-/m1/s1. The van der Waals surface area contributed by atoms with Crippen LogP contribution in [0.25, 0.3) is 0 Å². The first-order valence-electron chi connectivity index (χ1n) is 11.7. The third-order valence-electron chi connectivity index (χ3n) is 7.87. The second-order valence-electron chi connectivity index (χ2n) is 9.55. The molecule has 6 heteroatoms. The number of aryl methyl sites for hydroxylation is 1. The van der Waals surface area contributed by atoms with E-state index in [0.717, 1.165) is 48.4 Å². The van der Waals surface area contributed by atoms with Gasteiger partial charge in [-0.1, -0.05) is 6.92 Å². The van der Waals surface area contributed by atoms with Crippen molar-refractivity contribution in [2.24, 2.45) is 11.8 Å². The number of phenolic OH excluding ortho intramolecular Hbond substituents is 1. The number of carbonyl (C=O) groups excluding carboxylic acids is 2. The maximum atomic E-state index is 12.7. The van der Waals surface area contributed by atoms with Crippen molar-refractivity contribution in [1.82, 2.24) is 5.32 Å². The van der Waals surface area contributed by atoms with Gasteiger partial charge in [0.05, 0.1) is 14.2 Å². The molecule has 0 aliphatic heterocycles. The molecule has 0 saturated heterocycles. The lowest BCUT2D eigenvalue weighted by Gasteiger charge is -2.52. The topological polar surface area (TPSA) is 84.9 Å². The van der Waals surface area contributed by atoms with Crippen LogP contribution >= 0.6 is 0 Å². The van der Waals surface area contributed by atoms with Gasteiger partial charge in [-0.05, 0) is 74.1 Å². The highest BCUT2D eigenvalue weighted by atomic mass is 16.5. The number of carbonyl (C=O) groups is 2. The lowest BCUT2D eigenvalue weighted by atomic mass is 9.53. The molecule has 2 saturated carbocycles. The molecule has 1 aromatic rings. The van der Waals surface area contributed by atoms with Gasteiger partial charge < -0.3 is 19.9 Å². The van der Waals surface area contributed by atoms with Crippen LogP contribution < -0.4 is 10.1 Å². The SMILES string of the molecule is CC[C@@]12CC(=O)CCC1C(NCC1CC1)Cc1c(CCC(=O)OC)cc(OC)c(O)c12. The zero-order valence-corrected chi connectivity index (χ0v) is 19.0. The van der Waals surface area contributed by atoms with E-state index in [4.69, 9.17) is 9.47 Å². The Balaban J connectivity index is 1.82. The molecule has 170 valence electrons. The van der Waals surface area contributed by atoms with Crippen LogP contribution in [0.4, 0.5) is 0 Å². The van der Waals surface area contributed by atoms with Gasteiger partial charge in [-0.25, -0.2) is 0 Å². The minimum atomic E-state index is -0.400. The Bertz CT molecular complexity index is 862. The van der Waals surface area contributed by atoms with Crippen molar-refractivity contribution in [3.63, 3.8) is 0 Å². The molecule has 1 aromatic carbocycles. The molecule has 0 spiro atoms. The number of nitrogens with one attached hydrogen (secondary N) is 1. The number of methoxy groups -OCH3 is 2. The highest BCUT2D eigenvalue weighted by Gasteiger charge is 2.53. The first-order chi connectivity index (χ1) is 14.9. The van der Waals surface area contributed by atoms with Crippen LogP contribution in [0, 0.1) is 11.8 Å². The van der Waals surface area contributed by atoms with Gasteiger partial charge in [0.25, 0.3) is 0 Å². The Labute approximate surface area is 184 Å². The van der Waals surface area contributed by atoms with Crippen LogP contribution in [-0.2, 0) is 32.6 Å². The molecule has 0 amide bonds. The minimum absolute atomic E-state index is 0.168. The predicted octanol–water partition coefficient (Wildman–Crippen LogP) is 3.45. The van der Waals surface area contributed by atoms with Crippen molar-refractivity contribution in [1.29, 1.82) is 0 Å². The van der Waals surface area contributed by atoms with Gasteiger partial charge in [-0.3, -0.25) is 9.59 Å². The number of ether oxygens (including phenoxy) is 2. The molecular weight excluding hydrogens is 394 g/mol. The molecule has 3 aliphatic rings. The third-order valence-corrected chi connectivity index (χ3v) is 7.87. The van der Waals surface area contributed by atoms with Crippen molar-refractivity contribution in [2.45, 2.75) is 76.2 Å². The number of phenols is 1. The first-order valence-corrected chi connectivity index (χ1v) is 11.7. The molecule has 0 radical (unpaired) electrons. The Morgan fingerprint density at radius 1 is 1.29 bits per heavy atom. The number of hydrogen-bond acceptors (Lipinski definition) is 6. The molecule has 2 N–H and O–H groups in total. The summed E-state index contributed by atoms with van der Waals surface area (Å²) in [5, 5.41) is 15.1. The monoisotopic (exact) mass is 429 g/mol. The van der Waals surface area contributed by atoms with Gasteiger partial charge in [0, 0.05) is 36.3 Å². The summed E-state index contributed by atoms with van der Waals surface area (Å²) in [7, 11) is 2.95. The van der Waals surface area contributed by atoms with Crippen molar-refractivity contribution in [3.8, 4) is 11.5 Å². The Hall–Kier alpha value is -2.08. The smallest absolute Gasteiger partial charge is 0.305 e. The Morgan fingerprint density at radius 2 is 2.06 bits per heavy atom. The number of hydrogen-bond donors (Lipinski definition) is 2. The van der Waals surface area contributed by atoms with E-state index < -0.39 is 5.41 Å². The van der Waals surface area contributed by atoms with E-state index in [-0.39, 0.29) is 30.0 Å². The van der Waals surface area contributed by atoms with E-state index in [1.807, 2.05) is 6.07 Å². The van der Waals surface area contributed by atoms with Gasteiger partial charge in [0.1, 0.15) is 5.78 Å². The summed E-state index contributed by atoms with van der Waals surface area (Å²) < 4.78 is 10.4. The zero-order valence-electron chi connectivity index (χ0n) is 19.0. The zero-order chi connectivity index (χ0) is 22.2. The second-order valence-corrected chi connectivity index (χ2v) is 9.55. The summed E-state index contributed by atoms with van der Waals surface area (Å²) in [6.07, 6.45) is 6.90. The summed E-state index contributed by atoms with van der Waals surface area (Å²) in [6, 6.07) is 2.13. The summed E-state index contributed by atoms with van der Waals surface area (Å²) in [5.74, 6) is 1.67. The van der Waals surface area contributed by atoms with E-state index in [2.05, 4.69) is 12.2 Å². The number of esters is 1. The fraction of sp³-hybridized carbons (Fsp3) is 0.680. The lowest BCUT2D eigenvalue weighted by molar-refractivity contribution is -0.140. The molecule has 2 unspecified atom stereocenters. The molecule has 2 fully saturated rings. The molecular formula is C25H35NO5. The van der Waals surface area contributed by atoms with Gasteiger partial charge in [-0.15, -0.1) is 0 Å². The van der Waals surface area contributed by atoms with Gasteiger partial charge in [0.15, 0.2) is 11.5 Å². The summed E-state index contributed by atoms with van der Waals surface area (Å²) in [6.45, 7) is 3.15. The van der Waals surface area contributed by atoms with Crippen LogP contribution in [0.15, 0.2) is 6.07 Å². The van der Waals surface area contributed by atoms with E-state index in [9.17, 15) is 14.7 Å². The molecule has 0 heterocycles. The predicted molar refractivity (Wildman–Crippen MR) is 118 cm³/mol. The average molecular weight is 430 g/mol. The van der Waals surface area contributed by atoms with Crippen molar-refractivity contribution < 1.29 is 24.2 Å². The first kappa shape index (κ1) is 22.1. The highest BCUT2D eigenvalue weighted by molar-refractivity contribution is 5.82. The number of fused-ring (bicyclic) bond motifs is 3. The van der Waals surface area contributed by atoms with E-state index in [1.165, 1.54) is 20.0 Å². The Morgan fingerprint density at radius 3 is 2.71 bits per heavy atom. The molecule has 3 atom stereocenters. The van der Waals surface area contributed by atoms with Crippen LogP contribution in [0.5, 0.6) is 11.5 Å². The normalized spacial score (nSPS) is 27.4. The van der Waals surface area contributed by atoms with Gasteiger partial charge in [-0.2, -0.15) is 0 Å². The number of rotatable bonds is 8. The quantitative estimate of drug-likeness (QED) is 0.616. The number of aromatic hydroxyl groups is 1. The minimum Gasteiger partial charge on any atom is -0.504 e. The molecule has 0 aromatic heterocycles. The lowest BCUT2D eigenvalue weighted by Crippen LogP contribution is -2.55. The van der Waals surface area contributed by atoms with Crippen LogP contribution in [0.2, 0.25) is 0 Å². The van der Waals surface area contributed by atoms with Crippen molar-refractivity contribution >= 4 is 11.8 Å². The molecule has 3 aliphatic carbocycles. The van der Waals surface area contributed by atoms with Crippen molar-refractivity contribution in [2.75, 3.05) is 20.8 Å². The van der Waals surface area contributed by atoms with Crippen LogP contribution in [-0.4, -0.2) is 43.7 Å². The number of Topliss-reactive ketones (excluding diaryl/α,β-unsaturated/α-hetero) is 1. The number of ketones is 1. The maximum Gasteiger partial charge on any atom is 0.305 e. The van der Waals surface area contributed by atoms with Crippen LogP contribution in [0.3, 0.4) is 0 Å². The highest BCUT2D eigenvalue weighted by Crippen LogP contribution is 2.56. The molecule has 0 bridgehead atoms. The number of benzene rings is 1. The summed E-state index contributed by atoms with van der Waals surface area (Å²) >= 11 is 0. The van der Waals surface area contributed by atoms with Crippen molar-refractivity contribution in [3.05, 3.63) is 22.8 Å². The molecule has 4 rings (SSSR count). The van der Waals surface area contributed by atoms with Crippen LogP contribution in [0.1, 0.15) is 68.6 Å². The van der Waals surface area contributed by atoms with E-state index in [0.29, 0.717) is 30.9 Å². The molecule has 6 nitrogen and oxygen atoms in total. The van der Waals surface area contributed by atoms with Gasteiger partial charge in [0.2, 0.25) is 0 Å². The second kappa shape index (κ2) is 8.81. The van der Waals surface area contributed by atoms with Gasteiger partial charge >= 0.3 is 5.97 Å².